The van der Waals surface area contributed by atoms with Crippen molar-refractivity contribution in [1.29, 1.82) is 0 Å². The Morgan fingerprint density at radius 2 is 1.86 bits per heavy atom. The van der Waals surface area contributed by atoms with Crippen LogP contribution in [-0.4, -0.2) is 0 Å². The van der Waals surface area contributed by atoms with E-state index in [0.29, 0.717) is 0 Å². The minimum Gasteiger partial charge on any atom is -0.0958 e. The molecular formula is C14H16. The quantitative estimate of drug-likeness (QED) is 0.619. The number of allylic oxidation sites excluding steroid dienone is 3. The Morgan fingerprint density at radius 1 is 1.21 bits per heavy atom. The predicted octanol–water partition coefficient (Wildman–Crippen LogP) is 2.40. The molecule has 0 saturated carbocycles. The first-order valence-corrected chi connectivity index (χ1v) is 4.70. The van der Waals surface area contributed by atoms with E-state index in [1.54, 1.807) is 0 Å². The summed E-state index contributed by atoms with van der Waals surface area (Å²) in [6.45, 7) is 11.9. The summed E-state index contributed by atoms with van der Waals surface area (Å²) >= 11 is 0. The summed E-state index contributed by atoms with van der Waals surface area (Å²) in [6.07, 6.45) is 4.15. The first kappa shape index (κ1) is 10.5. The van der Waals surface area contributed by atoms with Crippen molar-refractivity contribution in [3.8, 4) is 0 Å². The minimum atomic E-state index is 1.05. The third kappa shape index (κ3) is 2.74. The van der Waals surface area contributed by atoms with Crippen LogP contribution in [0.25, 0.3) is 12.7 Å². The Balaban J connectivity index is 3.13. The van der Waals surface area contributed by atoms with E-state index in [2.05, 4.69) is 38.3 Å². The van der Waals surface area contributed by atoms with Gasteiger partial charge in [-0.1, -0.05) is 55.1 Å². The molecule has 0 radical (unpaired) electrons. The summed E-state index contributed by atoms with van der Waals surface area (Å²) in [5.41, 5.74) is 2.30. The lowest BCUT2D eigenvalue weighted by Crippen LogP contribution is -2.21. The molecule has 0 amide bonds. The summed E-state index contributed by atoms with van der Waals surface area (Å²) in [5, 5.41) is 2.21. The van der Waals surface area contributed by atoms with Crippen LogP contribution in [0.2, 0.25) is 0 Å². The molecule has 0 aliphatic carbocycles. The van der Waals surface area contributed by atoms with E-state index in [-0.39, 0.29) is 0 Å². The zero-order valence-electron chi connectivity index (χ0n) is 8.88. The lowest BCUT2D eigenvalue weighted by molar-refractivity contribution is 1.37. The Kier molecular flexibility index (Phi) is 3.47. The average molecular weight is 184 g/mol. The van der Waals surface area contributed by atoms with Gasteiger partial charge < -0.3 is 0 Å². The first-order chi connectivity index (χ1) is 6.61. The lowest BCUT2D eigenvalue weighted by Gasteiger charge is -1.94. The standard InChI is InChI=1S/C14H16/c1-11(2)12(3)9-10-14-8-6-5-7-13(14)4/h5-10H,1,4H2,2-3H3/b12-9+,14-10-. The smallest absolute Gasteiger partial charge is 0.0190 e. The van der Waals surface area contributed by atoms with Gasteiger partial charge in [-0.25, -0.2) is 0 Å². The molecule has 72 valence electrons. The number of hydrogen-bond donors (Lipinski definition) is 0. The summed E-state index contributed by atoms with van der Waals surface area (Å²) < 4.78 is 0. The maximum atomic E-state index is 3.96. The van der Waals surface area contributed by atoms with Crippen molar-refractivity contribution < 1.29 is 0 Å². The topological polar surface area (TPSA) is 0 Å². The third-order valence-corrected chi connectivity index (χ3v) is 2.24. The van der Waals surface area contributed by atoms with Crippen LogP contribution in [0.4, 0.5) is 0 Å². The highest BCUT2D eigenvalue weighted by Gasteiger charge is 1.85. The van der Waals surface area contributed by atoms with Crippen LogP contribution in [0, 0.1) is 0 Å². The van der Waals surface area contributed by atoms with E-state index in [4.69, 9.17) is 0 Å². The zero-order valence-corrected chi connectivity index (χ0v) is 8.88. The van der Waals surface area contributed by atoms with Crippen LogP contribution in [0.3, 0.4) is 0 Å². The molecular weight excluding hydrogens is 168 g/mol. The van der Waals surface area contributed by atoms with Crippen LogP contribution in [0.1, 0.15) is 13.8 Å². The van der Waals surface area contributed by atoms with Gasteiger partial charge in [-0.05, 0) is 29.9 Å². The highest BCUT2D eigenvalue weighted by molar-refractivity contribution is 5.44. The Labute approximate surface area is 85.6 Å². The minimum absolute atomic E-state index is 1.05. The zero-order chi connectivity index (χ0) is 10.6. The van der Waals surface area contributed by atoms with Gasteiger partial charge in [0, 0.05) is 0 Å². The van der Waals surface area contributed by atoms with Crippen LogP contribution < -0.4 is 10.4 Å². The van der Waals surface area contributed by atoms with E-state index < -0.39 is 0 Å². The summed E-state index contributed by atoms with van der Waals surface area (Å²) in [7, 11) is 0. The summed E-state index contributed by atoms with van der Waals surface area (Å²) in [6, 6.07) is 8.08. The maximum Gasteiger partial charge on any atom is -0.0190 e. The van der Waals surface area contributed by atoms with Crippen molar-refractivity contribution in [1.82, 2.24) is 0 Å². The second-order valence-corrected chi connectivity index (χ2v) is 3.50. The van der Waals surface area contributed by atoms with Gasteiger partial charge >= 0.3 is 0 Å². The average Bonchev–Trinajstić information content (AvgIpc) is 2.16. The molecule has 0 unspecified atom stereocenters. The predicted molar refractivity (Wildman–Crippen MR) is 64.3 cm³/mol. The normalized spacial score (nSPS) is 13.0. The molecule has 0 bridgehead atoms. The highest BCUT2D eigenvalue weighted by atomic mass is 13.9. The Bertz CT molecular complexity index is 461. The molecule has 0 aliphatic rings. The summed E-state index contributed by atoms with van der Waals surface area (Å²) in [4.78, 5) is 0. The van der Waals surface area contributed by atoms with Crippen molar-refractivity contribution in [2.45, 2.75) is 13.8 Å². The molecule has 0 spiro atoms. The van der Waals surface area contributed by atoms with Crippen LogP contribution >= 0.6 is 0 Å². The van der Waals surface area contributed by atoms with E-state index in [9.17, 15) is 0 Å². The molecule has 0 heterocycles. The molecule has 14 heavy (non-hydrogen) atoms. The van der Waals surface area contributed by atoms with Gasteiger partial charge in [0.1, 0.15) is 0 Å². The van der Waals surface area contributed by atoms with Crippen LogP contribution in [-0.2, 0) is 0 Å². The van der Waals surface area contributed by atoms with Crippen LogP contribution in [0.5, 0.6) is 0 Å². The molecule has 0 aliphatic heterocycles. The number of hydrogen-bond acceptors (Lipinski definition) is 0. The van der Waals surface area contributed by atoms with Crippen molar-refractivity contribution >= 4 is 12.7 Å². The fourth-order valence-electron chi connectivity index (χ4n) is 1.05. The molecule has 1 rings (SSSR count). The van der Waals surface area contributed by atoms with Gasteiger partial charge in [0.2, 0.25) is 0 Å². The van der Waals surface area contributed by atoms with Crippen molar-refractivity contribution in [3.05, 3.63) is 58.5 Å². The van der Waals surface area contributed by atoms with E-state index in [1.165, 1.54) is 5.57 Å². The Hall–Kier alpha value is -1.56. The molecule has 0 saturated heterocycles. The highest BCUT2D eigenvalue weighted by Crippen LogP contribution is 2.03. The van der Waals surface area contributed by atoms with Crippen molar-refractivity contribution in [2.24, 2.45) is 0 Å². The molecule has 0 heteroatoms. The molecule has 0 atom stereocenters. The fourth-order valence-corrected chi connectivity index (χ4v) is 1.05. The van der Waals surface area contributed by atoms with E-state index >= 15 is 0 Å². The molecule has 0 N–H and O–H groups in total. The fraction of sp³-hybridized carbons (Fsp3) is 0.143. The van der Waals surface area contributed by atoms with E-state index in [1.807, 2.05) is 25.1 Å². The van der Waals surface area contributed by atoms with Crippen LogP contribution in [0.15, 0.2) is 48.1 Å². The van der Waals surface area contributed by atoms with E-state index in [0.717, 1.165) is 16.0 Å². The summed E-state index contributed by atoms with van der Waals surface area (Å²) in [5.74, 6) is 0. The van der Waals surface area contributed by atoms with Crippen molar-refractivity contribution in [2.75, 3.05) is 0 Å². The largest absolute Gasteiger partial charge is 0.0958 e. The molecule has 1 aromatic rings. The molecule has 0 aromatic heterocycles. The van der Waals surface area contributed by atoms with Crippen molar-refractivity contribution in [3.63, 3.8) is 0 Å². The maximum absolute atomic E-state index is 3.96. The van der Waals surface area contributed by atoms with Gasteiger partial charge in [0.25, 0.3) is 0 Å². The van der Waals surface area contributed by atoms with Gasteiger partial charge in [-0.2, -0.15) is 0 Å². The van der Waals surface area contributed by atoms with Gasteiger partial charge in [0.15, 0.2) is 0 Å². The first-order valence-electron chi connectivity index (χ1n) is 4.70. The molecule has 0 nitrogen and oxygen atoms in total. The number of rotatable bonds is 2. The second kappa shape index (κ2) is 4.61. The molecule has 1 aromatic carbocycles. The number of benzene rings is 1. The monoisotopic (exact) mass is 184 g/mol. The SMILES string of the molecule is C=C(C)/C(C)=C/C=c1/ccccc1=C. The van der Waals surface area contributed by atoms with Gasteiger partial charge in [-0.15, -0.1) is 0 Å². The van der Waals surface area contributed by atoms with Gasteiger partial charge in [-0.3, -0.25) is 0 Å². The van der Waals surface area contributed by atoms with Gasteiger partial charge in [0.05, 0.1) is 0 Å². The third-order valence-electron chi connectivity index (χ3n) is 2.24. The lowest BCUT2D eigenvalue weighted by atomic mass is 10.1. The second-order valence-electron chi connectivity index (χ2n) is 3.50. The Morgan fingerprint density at radius 3 is 2.43 bits per heavy atom. The molecule has 0 fully saturated rings.